The summed E-state index contributed by atoms with van der Waals surface area (Å²) in [4.78, 5) is 12.0. The molecule has 6 nitrogen and oxygen atoms in total. The Morgan fingerprint density at radius 3 is 3.05 bits per heavy atom. The predicted octanol–water partition coefficient (Wildman–Crippen LogP) is 1.77. The normalized spacial score (nSPS) is 17.6. The fourth-order valence-corrected chi connectivity index (χ4v) is 2.60. The van der Waals surface area contributed by atoms with Gasteiger partial charge in [-0.15, -0.1) is 0 Å². The number of nitrogens with one attached hydrogen (secondary N) is 2. The number of hydrogen-bond acceptors (Lipinski definition) is 5. The molecule has 1 atom stereocenters. The van der Waals surface area contributed by atoms with Gasteiger partial charge < -0.3 is 9.51 Å². The number of hydrogen-bond donors (Lipinski definition) is 2. The van der Waals surface area contributed by atoms with Gasteiger partial charge >= 0.3 is 0 Å². The zero-order valence-corrected chi connectivity index (χ0v) is 11.4. The molecule has 1 aliphatic heterocycles. The number of benzene rings is 1. The standard InChI is InChI=1S/C15H15N5O/c1-2-4-10(5-3-1)6-14-19-15(21-20-14)12-7-11-13(8-16-12)18-9-17-11/h1-5,9,12,16H,6-8H2,(H,17,18). The van der Waals surface area contributed by atoms with Crippen LogP contribution in [0.15, 0.2) is 41.2 Å². The smallest absolute Gasteiger partial charge is 0.244 e. The van der Waals surface area contributed by atoms with Crippen LogP contribution in [0.5, 0.6) is 0 Å². The van der Waals surface area contributed by atoms with E-state index in [2.05, 4.69) is 37.6 Å². The van der Waals surface area contributed by atoms with Gasteiger partial charge in [-0.2, -0.15) is 4.98 Å². The maximum Gasteiger partial charge on any atom is 0.244 e. The van der Waals surface area contributed by atoms with Crippen molar-refractivity contribution in [1.29, 1.82) is 0 Å². The Kier molecular flexibility index (Phi) is 3.01. The SMILES string of the molecule is c1ccc(Cc2noc(C3Cc4nc[nH]c4CN3)n2)cc1. The van der Waals surface area contributed by atoms with Gasteiger partial charge in [-0.1, -0.05) is 35.5 Å². The van der Waals surface area contributed by atoms with E-state index in [1.54, 1.807) is 6.33 Å². The molecule has 6 heteroatoms. The van der Waals surface area contributed by atoms with E-state index >= 15 is 0 Å². The fourth-order valence-electron chi connectivity index (χ4n) is 2.60. The monoisotopic (exact) mass is 281 g/mol. The summed E-state index contributed by atoms with van der Waals surface area (Å²) in [6, 6.07) is 10.2. The summed E-state index contributed by atoms with van der Waals surface area (Å²) in [6.45, 7) is 0.746. The number of nitrogens with zero attached hydrogens (tertiary/aromatic N) is 3. The highest BCUT2D eigenvalue weighted by Gasteiger charge is 2.25. The Labute approximate surface area is 121 Å². The van der Waals surface area contributed by atoms with Crippen LogP contribution >= 0.6 is 0 Å². The third-order valence-electron chi connectivity index (χ3n) is 3.72. The van der Waals surface area contributed by atoms with Crippen molar-refractivity contribution in [3.63, 3.8) is 0 Å². The van der Waals surface area contributed by atoms with E-state index in [0.29, 0.717) is 18.1 Å². The van der Waals surface area contributed by atoms with Crippen LogP contribution in [0.1, 0.15) is 34.7 Å². The number of aromatic amines is 1. The lowest BCUT2D eigenvalue weighted by atomic mass is 10.1. The van der Waals surface area contributed by atoms with Crippen LogP contribution < -0.4 is 5.32 Å². The van der Waals surface area contributed by atoms with Crippen molar-refractivity contribution in [2.24, 2.45) is 0 Å². The number of imidazole rings is 1. The Balaban J connectivity index is 1.50. The molecule has 3 aromatic rings. The Hall–Kier alpha value is -2.47. The van der Waals surface area contributed by atoms with Gasteiger partial charge in [-0.3, -0.25) is 5.32 Å². The van der Waals surface area contributed by atoms with E-state index in [1.165, 1.54) is 5.56 Å². The predicted molar refractivity (Wildman–Crippen MR) is 75.4 cm³/mol. The summed E-state index contributed by atoms with van der Waals surface area (Å²) in [7, 11) is 0. The average Bonchev–Trinajstić information content (AvgIpc) is 3.16. The molecule has 21 heavy (non-hydrogen) atoms. The summed E-state index contributed by atoms with van der Waals surface area (Å²) in [6.07, 6.45) is 3.18. The van der Waals surface area contributed by atoms with E-state index in [-0.39, 0.29) is 6.04 Å². The van der Waals surface area contributed by atoms with Gasteiger partial charge in [0.15, 0.2) is 5.82 Å². The molecule has 0 amide bonds. The van der Waals surface area contributed by atoms with Crippen molar-refractivity contribution >= 4 is 0 Å². The van der Waals surface area contributed by atoms with Gasteiger partial charge in [0.1, 0.15) is 0 Å². The van der Waals surface area contributed by atoms with Crippen molar-refractivity contribution in [2.75, 3.05) is 0 Å². The van der Waals surface area contributed by atoms with Crippen molar-refractivity contribution in [3.8, 4) is 0 Å². The Morgan fingerprint density at radius 2 is 2.14 bits per heavy atom. The van der Waals surface area contributed by atoms with Crippen LogP contribution in [0.2, 0.25) is 0 Å². The molecule has 0 saturated carbocycles. The maximum atomic E-state index is 5.41. The lowest BCUT2D eigenvalue weighted by Crippen LogP contribution is -2.28. The van der Waals surface area contributed by atoms with Gasteiger partial charge in [0.05, 0.1) is 23.8 Å². The molecule has 0 radical (unpaired) electrons. The van der Waals surface area contributed by atoms with Crippen LogP contribution in [-0.4, -0.2) is 20.1 Å². The lowest BCUT2D eigenvalue weighted by molar-refractivity contribution is 0.317. The van der Waals surface area contributed by atoms with Crippen LogP contribution in [0, 0.1) is 0 Å². The zero-order valence-electron chi connectivity index (χ0n) is 11.4. The van der Waals surface area contributed by atoms with Crippen molar-refractivity contribution < 1.29 is 4.52 Å². The van der Waals surface area contributed by atoms with E-state index in [1.807, 2.05) is 18.2 Å². The highest BCUT2D eigenvalue weighted by Crippen LogP contribution is 2.22. The number of fused-ring (bicyclic) bond motifs is 1. The lowest BCUT2D eigenvalue weighted by Gasteiger charge is -2.19. The minimum atomic E-state index is 0.0397. The Morgan fingerprint density at radius 1 is 1.24 bits per heavy atom. The van der Waals surface area contributed by atoms with Crippen LogP contribution in [0.25, 0.3) is 0 Å². The number of rotatable bonds is 3. The summed E-state index contributed by atoms with van der Waals surface area (Å²) in [5, 5.41) is 7.46. The highest BCUT2D eigenvalue weighted by atomic mass is 16.5. The maximum absolute atomic E-state index is 5.41. The molecule has 0 saturated heterocycles. The third-order valence-corrected chi connectivity index (χ3v) is 3.72. The molecule has 3 heterocycles. The van der Waals surface area contributed by atoms with E-state index < -0.39 is 0 Å². The van der Waals surface area contributed by atoms with Crippen LogP contribution in [0.4, 0.5) is 0 Å². The first kappa shape index (κ1) is 12.3. The molecular formula is C15H15N5O. The second-order valence-electron chi connectivity index (χ2n) is 5.18. The quantitative estimate of drug-likeness (QED) is 0.765. The second kappa shape index (κ2) is 5.14. The van der Waals surface area contributed by atoms with E-state index in [0.717, 1.165) is 24.4 Å². The van der Waals surface area contributed by atoms with Gasteiger partial charge in [0.25, 0.3) is 0 Å². The molecule has 1 unspecified atom stereocenters. The van der Waals surface area contributed by atoms with Crippen LogP contribution in [0.3, 0.4) is 0 Å². The largest absolute Gasteiger partial charge is 0.347 e. The minimum absolute atomic E-state index is 0.0397. The first-order chi connectivity index (χ1) is 10.4. The fraction of sp³-hybridized carbons (Fsp3) is 0.267. The topological polar surface area (TPSA) is 79.6 Å². The molecule has 0 bridgehead atoms. The summed E-state index contributed by atoms with van der Waals surface area (Å²) >= 11 is 0. The molecular weight excluding hydrogens is 266 g/mol. The van der Waals surface area contributed by atoms with E-state index in [4.69, 9.17) is 4.52 Å². The molecule has 2 aromatic heterocycles. The Bertz CT molecular complexity index is 733. The number of aromatic nitrogens is 4. The highest BCUT2D eigenvalue weighted by molar-refractivity contribution is 5.20. The summed E-state index contributed by atoms with van der Waals surface area (Å²) in [5.74, 6) is 1.35. The molecule has 2 N–H and O–H groups in total. The van der Waals surface area contributed by atoms with Crippen molar-refractivity contribution in [1.82, 2.24) is 25.4 Å². The van der Waals surface area contributed by atoms with Crippen LogP contribution in [-0.2, 0) is 19.4 Å². The minimum Gasteiger partial charge on any atom is -0.347 e. The second-order valence-corrected chi connectivity index (χ2v) is 5.18. The average molecular weight is 281 g/mol. The third kappa shape index (κ3) is 2.45. The van der Waals surface area contributed by atoms with Gasteiger partial charge in [-0.25, -0.2) is 4.98 Å². The number of H-pyrrole nitrogens is 1. The molecule has 106 valence electrons. The zero-order chi connectivity index (χ0) is 14.1. The first-order valence-electron chi connectivity index (χ1n) is 6.99. The molecule has 0 aliphatic carbocycles. The molecule has 4 rings (SSSR count). The molecule has 1 aromatic carbocycles. The van der Waals surface area contributed by atoms with Gasteiger partial charge in [0, 0.05) is 19.4 Å². The first-order valence-corrected chi connectivity index (χ1v) is 6.99. The van der Waals surface area contributed by atoms with Gasteiger partial charge in [-0.05, 0) is 5.56 Å². The van der Waals surface area contributed by atoms with E-state index in [9.17, 15) is 0 Å². The van der Waals surface area contributed by atoms with Crippen molar-refractivity contribution in [2.45, 2.75) is 25.4 Å². The van der Waals surface area contributed by atoms with Gasteiger partial charge in [0.2, 0.25) is 5.89 Å². The van der Waals surface area contributed by atoms with Crippen molar-refractivity contribution in [3.05, 3.63) is 65.3 Å². The summed E-state index contributed by atoms with van der Waals surface area (Å²) in [5.41, 5.74) is 3.38. The molecule has 0 spiro atoms. The summed E-state index contributed by atoms with van der Waals surface area (Å²) < 4.78 is 5.41. The molecule has 0 fully saturated rings. The molecule has 1 aliphatic rings.